The molecule has 0 N–H and O–H groups in total. The van der Waals surface area contributed by atoms with Gasteiger partial charge in [-0.3, -0.25) is 0 Å². The molecule has 1 spiro atoms. The van der Waals surface area contributed by atoms with Crippen LogP contribution in [-0.2, 0) is 4.74 Å². The first kappa shape index (κ1) is 15.6. The van der Waals surface area contributed by atoms with Crippen molar-refractivity contribution in [3.05, 3.63) is 11.6 Å². The van der Waals surface area contributed by atoms with Crippen molar-refractivity contribution in [1.82, 2.24) is 0 Å². The van der Waals surface area contributed by atoms with Crippen LogP contribution in [0.1, 0.15) is 66.7 Å². The number of methoxy groups -OCH3 is 1. The SMILES string of the molecule is CCC(COC)C1=CCC(C)(C)[C@@]23CC[C@@H](C2)C(C)(C)C13. The van der Waals surface area contributed by atoms with Gasteiger partial charge in [0.1, 0.15) is 0 Å². The Morgan fingerprint density at radius 1 is 1.29 bits per heavy atom. The molecule has 0 radical (unpaired) electrons. The molecule has 2 unspecified atom stereocenters. The Morgan fingerprint density at radius 3 is 2.62 bits per heavy atom. The van der Waals surface area contributed by atoms with E-state index in [1.54, 1.807) is 5.57 Å². The second-order valence-electron chi connectivity index (χ2n) is 9.20. The Morgan fingerprint density at radius 2 is 2.00 bits per heavy atom. The maximum absolute atomic E-state index is 5.55. The van der Waals surface area contributed by atoms with E-state index >= 15 is 0 Å². The minimum atomic E-state index is 0.467. The third kappa shape index (κ3) is 1.92. The second kappa shape index (κ2) is 4.85. The zero-order valence-electron chi connectivity index (χ0n) is 15.0. The van der Waals surface area contributed by atoms with Crippen LogP contribution in [-0.4, -0.2) is 13.7 Å². The topological polar surface area (TPSA) is 9.23 Å². The molecule has 1 heteroatoms. The van der Waals surface area contributed by atoms with Crippen LogP contribution in [0.25, 0.3) is 0 Å². The van der Waals surface area contributed by atoms with Gasteiger partial charge in [-0.25, -0.2) is 0 Å². The number of fused-ring (bicyclic) bond motifs is 1. The molecule has 3 rings (SSSR count). The predicted molar refractivity (Wildman–Crippen MR) is 89.2 cm³/mol. The van der Waals surface area contributed by atoms with Gasteiger partial charge < -0.3 is 4.74 Å². The molecule has 0 amide bonds. The molecular formula is C20H34O. The number of rotatable bonds is 4. The highest BCUT2D eigenvalue weighted by atomic mass is 16.5. The van der Waals surface area contributed by atoms with Gasteiger partial charge in [-0.2, -0.15) is 0 Å². The van der Waals surface area contributed by atoms with Crippen LogP contribution in [0.5, 0.6) is 0 Å². The van der Waals surface area contributed by atoms with E-state index in [1.807, 2.05) is 7.11 Å². The first-order chi connectivity index (χ1) is 9.80. The largest absolute Gasteiger partial charge is 0.384 e. The standard InChI is InChI=1S/C20H34O/c1-7-14(13-21-6)16-9-10-18(2,3)20-11-8-15(12-20)19(4,5)17(16)20/h9,14-15,17H,7-8,10-13H2,1-6H3/t14?,15-,17?,20-/m0/s1. The molecule has 2 bridgehead atoms. The highest BCUT2D eigenvalue weighted by Crippen LogP contribution is 2.76. The van der Waals surface area contributed by atoms with E-state index in [0.29, 0.717) is 22.2 Å². The van der Waals surface area contributed by atoms with Gasteiger partial charge >= 0.3 is 0 Å². The normalized spacial score (nSPS) is 40.8. The zero-order valence-corrected chi connectivity index (χ0v) is 15.0. The van der Waals surface area contributed by atoms with Gasteiger partial charge in [-0.15, -0.1) is 0 Å². The molecule has 120 valence electrons. The Bertz CT molecular complexity index is 445. The fourth-order valence-corrected chi connectivity index (χ4v) is 6.42. The van der Waals surface area contributed by atoms with Crippen LogP contribution in [0.3, 0.4) is 0 Å². The molecule has 0 aromatic heterocycles. The van der Waals surface area contributed by atoms with Crippen LogP contribution in [0, 0.1) is 34.0 Å². The Balaban J connectivity index is 2.06. The van der Waals surface area contributed by atoms with E-state index in [4.69, 9.17) is 4.74 Å². The van der Waals surface area contributed by atoms with Crippen molar-refractivity contribution in [3.8, 4) is 0 Å². The average molecular weight is 290 g/mol. The van der Waals surface area contributed by atoms with Gasteiger partial charge in [0.15, 0.2) is 0 Å². The highest BCUT2D eigenvalue weighted by molar-refractivity contribution is 5.31. The van der Waals surface area contributed by atoms with Crippen molar-refractivity contribution in [2.75, 3.05) is 13.7 Å². The molecule has 21 heavy (non-hydrogen) atoms. The summed E-state index contributed by atoms with van der Waals surface area (Å²) in [4.78, 5) is 0. The number of ether oxygens (including phenoxy) is 1. The predicted octanol–water partition coefficient (Wildman–Crippen LogP) is 5.46. The molecule has 0 aromatic rings. The summed E-state index contributed by atoms with van der Waals surface area (Å²) in [6.45, 7) is 13.4. The van der Waals surface area contributed by atoms with E-state index in [-0.39, 0.29) is 0 Å². The van der Waals surface area contributed by atoms with E-state index in [0.717, 1.165) is 18.4 Å². The molecule has 2 saturated carbocycles. The number of hydrogen-bond donors (Lipinski definition) is 0. The fraction of sp³-hybridized carbons (Fsp3) is 0.900. The second-order valence-corrected chi connectivity index (χ2v) is 9.20. The summed E-state index contributed by atoms with van der Waals surface area (Å²) >= 11 is 0. The van der Waals surface area contributed by atoms with Crippen molar-refractivity contribution in [3.63, 3.8) is 0 Å². The van der Waals surface area contributed by atoms with E-state index in [1.165, 1.54) is 32.1 Å². The zero-order chi connectivity index (χ0) is 15.5. The number of allylic oxidation sites excluding steroid dienone is 1. The van der Waals surface area contributed by atoms with Gasteiger partial charge in [0.05, 0.1) is 6.61 Å². The Labute approximate surface area is 131 Å². The van der Waals surface area contributed by atoms with Crippen LogP contribution in [0.4, 0.5) is 0 Å². The molecule has 0 saturated heterocycles. The highest BCUT2D eigenvalue weighted by Gasteiger charge is 2.68. The molecule has 0 aliphatic heterocycles. The van der Waals surface area contributed by atoms with Gasteiger partial charge in [-0.05, 0) is 60.2 Å². The third-order valence-electron chi connectivity index (χ3n) is 7.76. The quantitative estimate of drug-likeness (QED) is 0.625. The lowest BCUT2D eigenvalue weighted by Gasteiger charge is -2.57. The van der Waals surface area contributed by atoms with Gasteiger partial charge in [-0.1, -0.05) is 46.3 Å². The Hall–Kier alpha value is -0.300. The van der Waals surface area contributed by atoms with E-state index in [2.05, 4.69) is 40.7 Å². The van der Waals surface area contributed by atoms with Crippen LogP contribution >= 0.6 is 0 Å². The molecular weight excluding hydrogens is 256 g/mol. The maximum atomic E-state index is 5.55. The molecule has 3 aliphatic carbocycles. The lowest BCUT2D eigenvalue weighted by atomic mass is 9.48. The summed E-state index contributed by atoms with van der Waals surface area (Å²) in [7, 11) is 1.86. The van der Waals surface area contributed by atoms with Crippen molar-refractivity contribution >= 4 is 0 Å². The van der Waals surface area contributed by atoms with Crippen LogP contribution in [0.15, 0.2) is 11.6 Å². The summed E-state index contributed by atoms with van der Waals surface area (Å²) in [5.41, 5.74) is 3.26. The summed E-state index contributed by atoms with van der Waals surface area (Å²) in [5.74, 6) is 2.35. The Kier molecular flexibility index (Phi) is 3.60. The molecule has 0 aromatic carbocycles. The van der Waals surface area contributed by atoms with E-state index in [9.17, 15) is 0 Å². The summed E-state index contributed by atoms with van der Waals surface area (Å²) in [5, 5.41) is 0. The maximum Gasteiger partial charge on any atom is 0.0527 e. The molecule has 2 fully saturated rings. The minimum Gasteiger partial charge on any atom is -0.384 e. The van der Waals surface area contributed by atoms with Crippen LogP contribution < -0.4 is 0 Å². The lowest BCUT2D eigenvalue weighted by Crippen LogP contribution is -2.49. The summed E-state index contributed by atoms with van der Waals surface area (Å²) < 4.78 is 5.55. The monoisotopic (exact) mass is 290 g/mol. The number of hydrogen-bond acceptors (Lipinski definition) is 1. The average Bonchev–Trinajstić information content (AvgIpc) is 2.94. The smallest absolute Gasteiger partial charge is 0.0527 e. The van der Waals surface area contributed by atoms with Crippen molar-refractivity contribution in [1.29, 1.82) is 0 Å². The van der Waals surface area contributed by atoms with Gasteiger partial charge in [0, 0.05) is 13.0 Å². The third-order valence-corrected chi connectivity index (χ3v) is 7.76. The van der Waals surface area contributed by atoms with Crippen LogP contribution in [0.2, 0.25) is 0 Å². The van der Waals surface area contributed by atoms with Gasteiger partial charge in [0.25, 0.3) is 0 Å². The first-order valence-corrected chi connectivity index (χ1v) is 8.99. The molecule has 0 heterocycles. The van der Waals surface area contributed by atoms with Crippen molar-refractivity contribution < 1.29 is 4.74 Å². The first-order valence-electron chi connectivity index (χ1n) is 8.99. The van der Waals surface area contributed by atoms with Crippen molar-refractivity contribution in [2.24, 2.45) is 34.0 Å². The molecule has 3 aliphatic rings. The minimum absolute atomic E-state index is 0.467. The fourth-order valence-electron chi connectivity index (χ4n) is 6.42. The lowest BCUT2D eigenvalue weighted by molar-refractivity contribution is -0.0240. The van der Waals surface area contributed by atoms with E-state index < -0.39 is 0 Å². The van der Waals surface area contributed by atoms with Gasteiger partial charge in [0.2, 0.25) is 0 Å². The summed E-state index contributed by atoms with van der Waals surface area (Å²) in [6.07, 6.45) is 9.49. The summed E-state index contributed by atoms with van der Waals surface area (Å²) in [6, 6.07) is 0. The molecule has 4 atom stereocenters. The molecule has 1 nitrogen and oxygen atoms in total. The van der Waals surface area contributed by atoms with Crippen molar-refractivity contribution in [2.45, 2.75) is 66.7 Å².